The van der Waals surface area contributed by atoms with E-state index in [9.17, 15) is 9.59 Å². The molecule has 4 rings (SSSR count). The Morgan fingerprint density at radius 2 is 1.77 bits per heavy atom. The average Bonchev–Trinajstić information content (AvgIpc) is 3.42. The van der Waals surface area contributed by atoms with Crippen LogP contribution in [-0.4, -0.2) is 60.4 Å². The van der Waals surface area contributed by atoms with Crippen molar-refractivity contribution in [3.05, 3.63) is 35.9 Å². The summed E-state index contributed by atoms with van der Waals surface area (Å²) < 4.78 is 0. The topological polar surface area (TPSA) is 52.7 Å². The maximum atomic E-state index is 12.5. The molecule has 1 aromatic carbocycles. The van der Waals surface area contributed by atoms with Crippen molar-refractivity contribution in [3.8, 4) is 0 Å². The van der Waals surface area contributed by atoms with Gasteiger partial charge in [0.15, 0.2) is 0 Å². The lowest BCUT2D eigenvalue weighted by Gasteiger charge is -2.32. The van der Waals surface area contributed by atoms with Crippen molar-refractivity contribution < 1.29 is 9.59 Å². The molecule has 1 atom stereocenters. The van der Waals surface area contributed by atoms with Gasteiger partial charge in [0.2, 0.25) is 11.8 Å². The molecule has 3 fully saturated rings. The van der Waals surface area contributed by atoms with E-state index in [2.05, 4.69) is 40.5 Å². The van der Waals surface area contributed by atoms with Gasteiger partial charge in [0.05, 0.1) is 5.92 Å². The second-order valence-electron chi connectivity index (χ2n) is 9.50. The molecule has 1 aromatic rings. The van der Waals surface area contributed by atoms with Crippen molar-refractivity contribution in [2.45, 2.75) is 63.8 Å². The van der Waals surface area contributed by atoms with Gasteiger partial charge in [-0.05, 0) is 69.6 Å². The number of hydrogen-bond donors (Lipinski definition) is 1. The van der Waals surface area contributed by atoms with Crippen LogP contribution >= 0.6 is 0 Å². The molecule has 0 bridgehead atoms. The molecule has 2 amide bonds. The fourth-order valence-electron chi connectivity index (χ4n) is 5.50. The molecule has 2 saturated heterocycles. The van der Waals surface area contributed by atoms with Gasteiger partial charge >= 0.3 is 0 Å². The lowest BCUT2D eigenvalue weighted by Crippen LogP contribution is -2.38. The first-order valence-electron chi connectivity index (χ1n) is 12.0. The summed E-state index contributed by atoms with van der Waals surface area (Å²) in [5.41, 5.74) is 1.45. The SMILES string of the molecule is O=C(NCCCN1CCC(Cc2ccccc2)CC1)[C@@H]1CC(=O)N(C2CCCC2)C1. The van der Waals surface area contributed by atoms with Crippen molar-refractivity contribution in [2.24, 2.45) is 11.8 Å². The molecule has 30 heavy (non-hydrogen) atoms. The van der Waals surface area contributed by atoms with Crippen molar-refractivity contribution in [2.75, 3.05) is 32.7 Å². The molecule has 1 saturated carbocycles. The van der Waals surface area contributed by atoms with E-state index in [0.717, 1.165) is 38.3 Å². The summed E-state index contributed by atoms with van der Waals surface area (Å²) in [6.07, 6.45) is 9.78. The van der Waals surface area contributed by atoms with E-state index in [0.29, 0.717) is 19.0 Å². The Hall–Kier alpha value is -1.88. The van der Waals surface area contributed by atoms with Crippen molar-refractivity contribution in [1.82, 2.24) is 15.1 Å². The molecule has 5 nitrogen and oxygen atoms in total. The molecular formula is C25H37N3O2. The summed E-state index contributed by atoms with van der Waals surface area (Å²) in [5.74, 6) is 0.906. The van der Waals surface area contributed by atoms with Crippen molar-refractivity contribution in [3.63, 3.8) is 0 Å². The zero-order valence-electron chi connectivity index (χ0n) is 18.2. The first-order chi connectivity index (χ1) is 14.7. The first kappa shape index (κ1) is 21.4. The van der Waals surface area contributed by atoms with E-state index in [1.54, 1.807) is 0 Å². The summed E-state index contributed by atoms with van der Waals surface area (Å²) in [7, 11) is 0. The van der Waals surface area contributed by atoms with Crippen LogP contribution in [0.1, 0.15) is 56.9 Å². The van der Waals surface area contributed by atoms with Gasteiger partial charge in [0.25, 0.3) is 0 Å². The molecule has 164 valence electrons. The maximum absolute atomic E-state index is 12.5. The zero-order chi connectivity index (χ0) is 20.8. The van der Waals surface area contributed by atoms with E-state index < -0.39 is 0 Å². The molecular weight excluding hydrogens is 374 g/mol. The van der Waals surface area contributed by atoms with E-state index in [1.807, 2.05) is 4.90 Å². The number of amides is 2. The minimum atomic E-state index is -0.146. The van der Waals surface area contributed by atoms with Crippen LogP contribution in [0.4, 0.5) is 0 Å². The molecule has 0 aromatic heterocycles. The highest BCUT2D eigenvalue weighted by Gasteiger charge is 2.38. The number of likely N-dealkylation sites (tertiary alicyclic amines) is 2. The Morgan fingerprint density at radius 3 is 2.50 bits per heavy atom. The third kappa shape index (κ3) is 5.63. The fourth-order valence-corrected chi connectivity index (χ4v) is 5.50. The van der Waals surface area contributed by atoms with Crippen LogP contribution in [0, 0.1) is 11.8 Å². The lowest BCUT2D eigenvalue weighted by atomic mass is 9.90. The van der Waals surface area contributed by atoms with E-state index in [4.69, 9.17) is 0 Å². The smallest absolute Gasteiger partial charge is 0.225 e. The minimum absolute atomic E-state index is 0.0745. The van der Waals surface area contributed by atoms with E-state index in [-0.39, 0.29) is 17.7 Å². The first-order valence-corrected chi connectivity index (χ1v) is 12.0. The second-order valence-corrected chi connectivity index (χ2v) is 9.50. The lowest BCUT2D eigenvalue weighted by molar-refractivity contribution is -0.130. The Balaban J connectivity index is 1.09. The Labute approximate surface area is 181 Å². The van der Waals surface area contributed by atoms with Crippen LogP contribution in [0.3, 0.4) is 0 Å². The number of nitrogens with one attached hydrogen (secondary N) is 1. The van der Waals surface area contributed by atoms with E-state index >= 15 is 0 Å². The molecule has 1 N–H and O–H groups in total. The zero-order valence-corrected chi connectivity index (χ0v) is 18.2. The standard InChI is InChI=1S/C25H37N3O2/c29-24-18-22(19-28(24)23-9-4-5-10-23)25(30)26-13-6-14-27-15-11-21(12-16-27)17-20-7-2-1-3-8-20/h1-3,7-8,21-23H,4-6,9-19H2,(H,26,30)/t22-/m1/s1. The summed E-state index contributed by atoms with van der Waals surface area (Å²) in [4.78, 5) is 29.3. The van der Waals surface area contributed by atoms with Crippen LogP contribution in [0.5, 0.6) is 0 Å². The van der Waals surface area contributed by atoms with Crippen molar-refractivity contribution in [1.29, 1.82) is 0 Å². The van der Waals surface area contributed by atoms with Crippen LogP contribution in [0.25, 0.3) is 0 Å². The molecule has 2 aliphatic heterocycles. The Kier molecular flexibility index (Phi) is 7.42. The van der Waals surface area contributed by atoms with Crippen LogP contribution in [-0.2, 0) is 16.0 Å². The highest BCUT2D eigenvalue weighted by atomic mass is 16.2. The molecule has 0 spiro atoms. The summed E-state index contributed by atoms with van der Waals surface area (Å²) >= 11 is 0. The van der Waals surface area contributed by atoms with Gasteiger partial charge in [0, 0.05) is 25.6 Å². The molecule has 1 aliphatic carbocycles. The summed E-state index contributed by atoms with van der Waals surface area (Å²) in [6.45, 7) is 4.73. The van der Waals surface area contributed by atoms with Gasteiger partial charge in [-0.15, -0.1) is 0 Å². The number of nitrogens with zero attached hydrogens (tertiary/aromatic N) is 2. The summed E-state index contributed by atoms with van der Waals surface area (Å²) in [6, 6.07) is 11.2. The number of benzene rings is 1. The predicted molar refractivity (Wildman–Crippen MR) is 119 cm³/mol. The van der Waals surface area contributed by atoms with Gasteiger partial charge in [-0.1, -0.05) is 43.2 Å². The highest BCUT2D eigenvalue weighted by molar-refractivity contribution is 5.89. The number of carbonyl (C=O) groups excluding carboxylic acids is 2. The maximum Gasteiger partial charge on any atom is 0.225 e. The van der Waals surface area contributed by atoms with Crippen LogP contribution in [0.2, 0.25) is 0 Å². The van der Waals surface area contributed by atoms with Gasteiger partial charge in [-0.3, -0.25) is 9.59 Å². The van der Waals surface area contributed by atoms with E-state index in [1.165, 1.54) is 50.8 Å². The van der Waals surface area contributed by atoms with Crippen LogP contribution in [0.15, 0.2) is 30.3 Å². The largest absolute Gasteiger partial charge is 0.356 e. The van der Waals surface area contributed by atoms with Gasteiger partial charge in [-0.25, -0.2) is 0 Å². The molecule has 2 heterocycles. The number of carbonyl (C=O) groups is 2. The van der Waals surface area contributed by atoms with Gasteiger partial charge in [0.1, 0.15) is 0 Å². The quantitative estimate of drug-likeness (QED) is 0.668. The van der Waals surface area contributed by atoms with Crippen molar-refractivity contribution >= 4 is 11.8 Å². The van der Waals surface area contributed by atoms with Gasteiger partial charge < -0.3 is 15.1 Å². The monoisotopic (exact) mass is 411 g/mol. The summed E-state index contributed by atoms with van der Waals surface area (Å²) in [5, 5.41) is 3.09. The number of piperidine rings is 1. The fraction of sp³-hybridized carbons (Fsp3) is 0.680. The molecule has 0 radical (unpaired) electrons. The average molecular weight is 412 g/mol. The van der Waals surface area contributed by atoms with Crippen LogP contribution < -0.4 is 5.32 Å². The number of hydrogen-bond acceptors (Lipinski definition) is 3. The molecule has 0 unspecified atom stereocenters. The third-order valence-electron chi connectivity index (χ3n) is 7.32. The second kappa shape index (κ2) is 10.4. The third-order valence-corrected chi connectivity index (χ3v) is 7.32. The van der Waals surface area contributed by atoms with Gasteiger partial charge in [-0.2, -0.15) is 0 Å². The highest BCUT2D eigenvalue weighted by Crippen LogP contribution is 2.29. The Morgan fingerprint density at radius 1 is 1.03 bits per heavy atom. The number of rotatable bonds is 8. The Bertz CT molecular complexity index is 694. The molecule has 3 aliphatic rings. The normalized spacial score (nSPS) is 23.9. The molecule has 5 heteroatoms. The predicted octanol–water partition coefficient (Wildman–Crippen LogP) is 3.24. The minimum Gasteiger partial charge on any atom is -0.356 e.